The van der Waals surface area contributed by atoms with Gasteiger partial charge in [0.25, 0.3) is 0 Å². The van der Waals surface area contributed by atoms with Crippen molar-refractivity contribution in [2.24, 2.45) is 5.92 Å². The first-order valence-electron chi connectivity index (χ1n) is 6.50. The van der Waals surface area contributed by atoms with E-state index in [4.69, 9.17) is 4.74 Å². The van der Waals surface area contributed by atoms with Crippen LogP contribution in [0.2, 0.25) is 0 Å². The van der Waals surface area contributed by atoms with Crippen LogP contribution in [0.25, 0.3) is 10.9 Å². The molecule has 1 amide bonds. The van der Waals surface area contributed by atoms with Gasteiger partial charge in [-0.15, -0.1) is 0 Å². The minimum atomic E-state index is -0.465. The monoisotopic (exact) mass is 274 g/mol. The topological polar surface area (TPSA) is 71.2 Å². The smallest absolute Gasteiger partial charge is 0.339 e. The third-order valence-corrected chi connectivity index (χ3v) is 2.96. The Kier molecular flexibility index (Phi) is 4.08. The fourth-order valence-electron chi connectivity index (χ4n) is 2.05. The fraction of sp³-hybridized carbons (Fsp3) is 0.333. The SMILES string of the molecule is COC(=O)c1cc2cc[nH]c2cc1NC(=O)CC(C)C. The zero-order chi connectivity index (χ0) is 14.7. The minimum Gasteiger partial charge on any atom is -0.465 e. The highest BCUT2D eigenvalue weighted by Gasteiger charge is 2.16. The summed E-state index contributed by atoms with van der Waals surface area (Å²) in [6.45, 7) is 3.93. The van der Waals surface area contributed by atoms with E-state index < -0.39 is 5.97 Å². The summed E-state index contributed by atoms with van der Waals surface area (Å²) < 4.78 is 4.76. The molecule has 0 aliphatic rings. The van der Waals surface area contributed by atoms with Crippen LogP contribution in [0.4, 0.5) is 5.69 Å². The molecule has 2 N–H and O–H groups in total. The number of carbonyl (C=O) groups excluding carboxylic acids is 2. The third kappa shape index (κ3) is 2.99. The Bertz CT molecular complexity index is 644. The average Bonchev–Trinajstić information content (AvgIpc) is 2.82. The van der Waals surface area contributed by atoms with Crippen LogP contribution < -0.4 is 5.32 Å². The van der Waals surface area contributed by atoms with Gasteiger partial charge in [0.15, 0.2) is 0 Å². The van der Waals surface area contributed by atoms with Crippen molar-refractivity contribution in [2.45, 2.75) is 20.3 Å². The summed E-state index contributed by atoms with van der Waals surface area (Å²) >= 11 is 0. The Labute approximate surface area is 117 Å². The highest BCUT2D eigenvalue weighted by atomic mass is 16.5. The van der Waals surface area contributed by atoms with Gasteiger partial charge in [0.05, 0.1) is 18.4 Å². The molecule has 0 unspecified atom stereocenters. The van der Waals surface area contributed by atoms with Crippen molar-refractivity contribution in [3.8, 4) is 0 Å². The number of esters is 1. The number of aromatic nitrogens is 1. The first-order valence-corrected chi connectivity index (χ1v) is 6.50. The molecule has 0 spiro atoms. The summed E-state index contributed by atoms with van der Waals surface area (Å²) in [6, 6.07) is 5.32. The van der Waals surface area contributed by atoms with Gasteiger partial charge in [-0.05, 0) is 24.1 Å². The lowest BCUT2D eigenvalue weighted by Gasteiger charge is -2.11. The van der Waals surface area contributed by atoms with Gasteiger partial charge in [0.2, 0.25) is 5.91 Å². The third-order valence-electron chi connectivity index (χ3n) is 2.96. The van der Waals surface area contributed by atoms with Crippen molar-refractivity contribution in [3.63, 3.8) is 0 Å². The number of hydrogen-bond donors (Lipinski definition) is 2. The summed E-state index contributed by atoms with van der Waals surface area (Å²) in [5, 5.41) is 3.67. The standard InChI is InChI=1S/C15H18N2O3/c1-9(2)6-14(18)17-13-8-12-10(4-5-16-12)7-11(13)15(19)20-3/h4-5,7-9,16H,6H2,1-3H3,(H,17,18). The maximum absolute atomic E-state index is 11.9. The number of methoxy groups -OCH3 is 1. The van der Waals surface area contributed by atoms with Gasteiger partial charge >= 0.3 is 5.97 Å². The van der Waals surface area contributed by atoms with E-state index in [1.807, 2.05) is 19.9 Å². The normalized spacial score (nSPS) is 10.8. The second-order valence-corrected chi connectivity index (χ2v) is 5.10. The van der Waals surface area contributed by atoms with Crippen LogP contribution in [0.1, 0.15) is 30.6 Å². The van der Waals surface area contributed by atoms with Gasteiger partial charge in [0, 0.05) is 23.5 Å². The van der Waals surface area contributed by atoms with Crippen molar-refractivity contribution < 1.29 is 14.3 Å². The number of hydrogen-bond acceptors (Lipinski definition) is 3. The van der Waals surface area contributed by atoms with Crippen LogP contribution in [0.15, 0.2) is 24.4 Å². The molecule has 1 aromatic carbocycles. The van der Waals surface area contributed by atoms with Gasteiger partial charge in [-0.2, -0.15) is 0 Å². The Morgan fingerprint density at radius 2 is 2.10 bits per heavy atom. The molecule has 106 valence electrons. The average molecular weight is 274 g/mol. The van der Waals surface area contributed by atoms with Crippen LogP contribution in [-0.4, -0.2) is 24.0 Å². The molecule has 0 aliphatic heterocycles. The number of anilines is 1. The molecule has 5 nitrogen and oxygen atoms in total. The summed E-state index contributed by atoms with van der Waals surface area (Å²) in [5.74, 6) is -0.324. The van der Waals surface area contributed by atoms with Crippen molar-refractivity contribution in [2.75, 3.05) is 12.4 Å². The molecule has 0 bridgehead atoms. The number of benzene rings is 1. The largest absolute Gasteiger partial charge is 0.465 e. The van der Waals surface area contributed by atoms with Crippen LogP contribution >= 0.6 is 0 Å². The number of rotatable bonds is 4. The molecule has 0 aliphatic carbocycles. The van der Waals surface area contributed by atoms with Crippen LogP contribution in [0.5, 0.6) is 0 Å². The zero-order valence-corrected chi connectivity index (χ0v) is 11.8. The maximum Gasteiger partial charge on any atom is 0.339 e. The Morgan fingerprint density at radius 1 is 1.35 bits per heavy atom. The molecule has 1 heterocycles. The first kappa shape index (κ1) is 14.1. The van der Waals surface area contributed by atoms with Crippen LogP contribution in [0, 0.1) is 5.92 Å². The van der Waals surface area contributed by atoms with Crippen LogP contribution in [0.3, 0.4) is 0 Å². The molecular weight excluding hydrogens is 256 g/mol. The number of nitrogens with one attached hydrogen (secondary N) is 2. The van der Waals surface area contributed by atoms with Crippen molar-refractivity contribution in [1.82, 2.24) is 4.98 Å². The Hall–Kier alpha value is -2.30. The van der Waals surface area contributed by atoms with Gasteiger partial charge < -0.3 is 15.0 Å². The molecule has 0 radical (unpaired) electrons. The predicted molar refractivity (Wildman–Crippen MR) is 77.7 cm³/mol. The highest BCUT2D eigenvalue weighted by Crippen LogP contribution is 2.24. The second-order valence-electron chi connectivity index (χ2n) is 5.10. The lowest BCUT2D eigenvalue weighted by atomic mass is 10.1. The summed E-state index contributed by atoms with van der Waals surface area (Å²) in [7, 11) is 1.32. The molecule has 5 heteroatoms. The summed E-state index contributed by atoms with van der Waals surface area (Å²) in [5.41, 5.74) is 1.69. The van der Waals surface area contributed by atoms with E-state index in [-0.39, 0.29) is 11.8 Å². The van der Waals surface area contributed by atoms with Crippen molar-refractivity contribution in [3.05, 3.63) is 30.0 Å². The number of fused-ring (bicyclic) bond motifs is 1. The molecule has 2 rings (SSSR count). The number of carbonyl (C=O) groups is 2. The fourth-order valence-corrected chi connectivity index (χ4v) is 2.05. The molecule has 20 heavy (non-hydrogen) atoms. The lowest BCUT2D eigenvalue weighted by molar-refractivity contribution is -0.116. The van der Waals surface area contributed by atoms with Gasteiger partial charge in [0.1, 0.15) is 0 Å². The summed E-state index contributed by atoms with van der Waals surface area (Å²) in [4.78, 5) is 26.8. The number of ether oxygens (including phenoxy) is 1. The zero-order valence-electron chi connectivity index (χ0n) is 11.8. The maximum atomic E-state index is 11.9. The van der Waals surface area contributed by atoms with E-state index in [9.17, 15) is 9.59 Å². The number of H-pyrrole nitrogens is 1. The van der Waals surface area contributed by atoms with Crippen molar-refractivity contribution >= 4 is 28.5 Å². The number of amides is 1. The van der Waals surface area contributed by atoms with Crippen molar-refractivity contribution in [1.29, 1.82) is 0 Å². The minimum absolute atomic E-state index is 0.115. The van der Waals surface area contributed by atoms with E-state index in [0.717, 1.165) is 10.9 Å². The first-order chi connectivity index (χ1) is 9.51. The second kappa shape index (κ2) is 5.77. The van der Waals surface area contributed by atoms with Gasteiger partial charge in [-0.3, -0.25) is 4.79 Å². The van der Waals surface area contributed by atoms with Crippen LogP contribution in [-0.2, 0) is 9.53 Å². The van der Waals surface area contributed by atoms with Gasteiger partial charge in [-0.1, -0.05) is 13.8 Å². The summed E-state index contributed by atoms with van der Waals surface area (Å²) in [6.07, 6.45) is 2.19. The molecule has 1 aromatic heterocycles. The van der Waals surface area contributed by atoms with E-state index >= 15 is 0 Å². The van der Waals surface area contributed by atoms with E-state index in [0.29, 0.717) is 17.7 Å². The molecule has 0 saturated heterocycles. The van der Waals surface area contributed by atoms with Gasteiger partial charge in [-0.25, -0.2) is 4.79 Å². The number of aromatic amines is 1. The molecule has 0 fully saturated rings. The molecule has 2 aromatic rings. The quantitative estimate of drug-likeness (QED) is 0.842. The van der Waals surface area contributed by atoms with E-state index in [1.165, 1.54) is 7.11 Å². The lowest BCUT2D eigenvalue weighted by Crippen LogP contribution is -2.16. The molecule has 0 saturated carbocycles. The Balaban J connectivity index is 2.38. The Morgan fingerprint density at radius 3 is 2.75 bits per heavy atom. The highest BCUT2D eigenvalue weighted by molar-refractivity contribution is 6.05. The van der Waals surface area contributed by atoms with E-state index in [1.54, 1.807) is 18.3 Å². The molecular formula is C15H18N2O3. The van der Waals surface area contributed by atoms with E-state index in [2.05, 4.69) is 10.3 Å². The predicted octanol–water partition coefficient (Wildman–Crippen LogP) is 2.94. The molecule has 0 atom stereocenters.